The van der Waals surface area contributed by atoms with Crippen LogP contribution in [0, 0.1) is 15.9 Å². The molecular formula is C11H14FNO3. The lowest BCUT2D eigenvalue weighted by molar-refractivity contribution is -0.388. The Balaban J connectivity index is 2.95. The lowest BCUT2D eigenvalue weighted by atomic mass is 10.2. The zero-order chi connectivity index (χ0) is 12.1. The Morgan fingerprint density at radius 1 is 1.56 bits per heavy atom. The third-order valence-electron chi connectivity index (χ3n) is 2.16. The summed E-state index contributed by atoms with van der Waals surface area (Å²) in [7, 11) is 0. The van der Waals surface area contributed by atoms with Crippen LogP contribution in [0.4, 0.5) is 10.1 Å². The van der Waals surface area contributed by atoms with E-state index in [1.807, 2.05) is 6.92 Å². The number of rotatable bonds is 5. The van der Waals surface area contributed by atoms with Gasteiger partial charge in [0.2, 0.25) is 11.6 Å². The van der Waals surface area contributed by atoms with Crippen molar-refractivity contribution in [1.82, 2.24) is 0 Å². The largest absolute Gasteiger partial charge is 0.484 e. The van der Waals surface area contributed by atoms with Gasteiger partial charge in [0.25, 0.3) is 0 Å². The van der Waals surface area contributed by atoms with Gasteiger partial charge in [-0.25, -0.2) is 0 Å². The van der Waals surface area contributed by atoms with E-state index in [2.05, 4.69) is 0 Å². The van der Waals surface area contributed by atoms with Crippen molar-refractivity contribution < 1.29 is 14.1 Å². The minimum Gasteiger partial charge on any atom is -0.484 e. The molecule has 0 saturated heterocycles. The standard InChI is InChI=1S/C11H14FNO3/c1-3-5-8(2)16-10-7-4-6-9(12)11(10)13(14)15/h4,6-8H,3,5H2,1-2H3. The Labute approximate surface area is 93.2 Å². The Hall–Kier alpha value is -1.65. The molecule has 4 nitrogen and oxygen atoms in total. The number of halogens is 1. The average Bonchev–Trinajstić information content (AvgIpc) is 2.17. The highest BCUT2D eigenvalue weighted by Crippen LogP contribution is 2.30. The van der Waals surface area contributed by atoms with Gasteiger partial charge in [0, 0.05) is 0 Å². The zero-order valence-corrected chi connectivity index (χ0v) is 9.27. The lowest BCUT2D eigenvalue weighted by Gasteiger charge is -2.13. The predicted octanol–water partition coefficient (Wildman–Crippen LogP) is 3.30. The summed E-state index contributed by atoms with van der Waals surface area (Å²) in [6, 6.07) is 3.86. The van der Waals surface area contributed by atoms with E-state index in [4.69, 9.17) is 4.74 Å². The second-order valence-electron chi connectivity index (χ2n) is 3.56. The molecule has 0 amide bonds. The second kappa shape index (κ2) is 5.44. The van der Waals surface area contributed by atoms with Crippen LogP contribution in [0.3, 0.4) is 0 Å². The van der Waals surface area contributed by atoms with Crippen LogP contribution in [0.5, 0.6) is 5.75 Å². The topological polar surface area (TPSA) is 52.4 Å². The number of benzene rings is 1. The van der Waals surface area contributed by atoms with Crippen LogP contribution in [0.15, 0.2) is 18.2 Å². The molecule has 16 heavy (non-hydrogen) atoms. The van der Waals surface area contributed by atoms with Gasteiger partial charge in [0.05, 0.1) is 11.0 Å². The van der Waals surface area contributed by atoms with E-state index in [0.717, 1.165) is 18.9 Å². The van der Waals surface area contributed by atoms with E-state index in [9.17, 15) is 14.5 Å². The van der Waals surface area contributed by atoms with Crippen molar-refractivity contribution in [2.75, 3.05) is 0 Å². The van der Waals surface area contributed by atoms with Gasteiger partial charge in [-0.3, -0.25) is 10.1 Å². The van der Waals surface area contributed by atoms with E-state index in [0.29, 0.717) is 0 Å². The molecule has 0 fully saturated rings. The first-order valence-corrected chi connectivity index (χ1v) is 5.15. The van der Waals surface area contributed by atoms with Crippen molar-refractivity contribution >= 4 is 5.69 Å². The molecular weight excluding hydrogens is 213 g/mol. The Kier molecular flexibility index (Phi) is 4.22. The number of ether oxygens (including phenoxy) is 1. The molecule has 1 aromatic rings. The van der Waals surface area contributed by atoms with Crippen LogP contribution in [0.1, 0.15) is 26.7 Å². The van der Waals surface area contributed by atoms with Crippen LogP contribution >= 0.6 is 0 Å². The van der Waals surface area contributed by atoms with Crippen molar-refractivity contribution in [2.24, 2.45) is 0 Å². The number of hydrogen-bond acceptors (Lipinski definition) is 3. The van der Waals surface area contributed by atoms with E-state index in [1.165, 1.54) is 12.1 Å². The van der Waals surface area contributed by atoms with Crippen molar-refractivity contribution in [3.8, 4) is 5.75 Å². The molecule has 1 unspecified atom stereocenters. The van der Waals surface area contributed by atoms with Gasteiger partial charge >= 0.3 is 5.69 Å². The van der Waals surface area contributed by atoms with Crippen molar-refractivity contribution in [3.63, 3.8) is 0 Å². The predicted molar refractivity (Wildman–Crippen MR) is 58.1 cm³/mol. The van der Waals surface area contributed by atoms with Crippen molar-refractivity contribution in [2.45, 2.75) is 32.8 Å². The molecule has 0 aromatic heterocycles. The van der Waals surface area contributed by atoms with Gasteiger partial charge in [-0.1, -0.05) is 19.4 Å². The summed E-state index contributed by atoms with van der Waals surface area (Å²) in [6.45, 7) is 3.79. The van der Waals surface area contributed by atoms with E-state index in [1.54, 1.807) is 6.92 Å². The summed E-state index contributed by atoms with van der Waals surface area (Å²) >= 11 is 0. The van der Waals surface area contributed by atoms with Crippen molar-refractivity contribution in [1.29, 1.82) is 0 Å². The lowest BCUT2D eigenvalue weighted by Crippen LogP contribution is -2.12. The monoisotopic (exact) mass is 227 g/mol. The smallest absolute Gasteiger partial charge is 0.346 e. The quantitative estimate of drug-likeness (QED) is 0.572. The number of nitro benzene ring substituents is 1. The van der Waals surface area contributed by atoms with E-state index < -0.39 is 16.4 Å². The van der Waals surface area contributed by atoms with Gasteiger partial charge < -0.3 is 4.74 Å². The summed E-state index contributed by atoms with van der Waals surface area (Å²) in [6.07, 6.45) is 1.52. The van der Waals surface area contributed by atoms with Crippen LogP contribution < -0.4 is 4.74 Å². The van der Waals surface area contributed by atoms with E-state index >= 15 is 0 Å². The van der Waals surface area contributed by atoms with Gasteiger partial charge in [-0.15, -0.1) is 0 Å². The molecule has 0 aliphatic rings. The fourth-order valence-electron chi connectivity index (χ4n) is 1.45. The maximum absolute atomic E-state index is 13.2. The normalized spacial score (nSPS) is 12.2. The summed E-state index contributed by atoms with van der Waals surface area (Å²) in [5.74, 6) is -0.878. The molecule has 0 heterocycles. The first-order chi connectivity index (χ1) is 7.56. The highest BCUT2D eigenvalue weighted by Gasteiger charge is 2.22. The minimum atomic E-state index is -0.869. The summed E-state index contributed by atoms with van der Waals surface area (Å²) in [5.41, 5.74) is -0.592. The second-order valence-corrected chi connectivity index (χ2v) is 3.56. The fraction of sp³-hybridized carbons (Fsp3) is 0.455. The summed E-state index contributed by atoms with van der Waals surface area (Å²) in [5, 5.41) is 10.7. The first-order valence-electron chi connectivity index (χ1n) is 5.15. The molecule has 5 heteroatoms. The molecule has 0 aliphatic carbocycles. The number of hydrogen-bond donors (Lipinski definition) is 0. The van der Waals surface area contributed by atoms with Gasteiger partial charge in [0.15, 0.2) is 0 Å². The Bertz CT molecular complexity index is 381. The molecule has 1 atom stereocenters. The maximum Gasteiger partial charge on any atom is 0.346 e. The van der Waals surface area contributed by atoms with Crippen LogP contribution in [0.25, 0.3) is 0 Å². The van der Waals surface area contributed by atoms with Gasteiger partial charge in [0.1, 0.15) is 0 Å². The Morgan fingerprint density at radius 2 is 2.25 bits per heavy atom. The summed E-state index contributed by atoms with van der Waals surface area (Å²) < 4.78 is 18.6. The molecule has 0 aliphatic heterocycles. The third-order valence-corrected chi connectivity index (χ3v) is 2.16. The highest BCUT2D eigenvalue weighted by atomic mass is 19.1. The molecule has 0 N–H and O–H groups in total. The number of nitro groups is 1. The van der Waals surface area contributed by atoms with Crippen LogP contribution in [-0.4, -0.2) is 11.0 Å². The molecule has 0 bridgehead atoms. The van der Waals surface area contributed by atoms with Crippen LogP contribution in [-0.2, 0) is 0 Å². The average molecular weight is 227 g/mol. The summed E-state index contributed by atoms with van der Waals surface area (Å²) in [4.78, 5) is 9.91. The Morgan fingerprint density at radius 3 is 2.81 bits per heavy atom. The molecule has 0 spiro atoms. The molecule has 0 radical (unpaired) electrons. The maximum atomic E-state index is 13.2. The highest BCUT2D eigenvalue weighted by molar-refractivity contribution is 5.47. The molecule has 88 valence electrons. The molecule has 0 saturated carbocycles. The van der Waals surface area contributed by atoms with Crippen molar-refractivity contribution in [3.05, 3.63) is 34.1 Å². The zero-order valence-electron chi connectivity index (χ0n) is 9.27. The van der Waals surface area contributed by atoms with Crippen LogP contribution in [0.2, 0.25) is 0 Å². The third kappa shape index (κ3) is 2.92. The minimum absolute atomic E-state index is 0.00838. The fourth-order valence-corrected chi connectivity index (χ4v) is 1.45. The SMILES string of the molecule is CCCC(C)Oc1cccc(F)c1[N+](=O)[O-]. The number of nitrogens with zero attached hydrogens (tertiary/aromatic N) is 1. The van der Waals surface area contributed by atoms with E-state index in [-0.39, 0.29) is 11.9 Å². The van der Waals surface area contributed by atoms with Gasteiger partial charge in [-0.2, -0.15) is 4.39 Å². The molecule has 1 aromatic carbocycles. The number of para-hydroxylation sites is 1. The first kappa shape index (κ1) is 12.4. The molecule has 1 rings (SSSR count). The van der Waals surface area contributed by atoms with Gasteiger partial charge in [-0.05, 0) is 25.5 Å².